The zero-order chi connectivity index (χ0) is 15.1. The van der Waals surface area contributed by atoms with E-state index in [-0.39, 0.29) is 17.8 Å². The molecule has 1 amide bonds. The van der Waals surface area contributed by atoms with Gasteiger partial charge >= 0.3 is 0 Å². The number of benzene rings is 1. The summed E-state index contributed by atoms with van der Waals surface area (Å²) in [5.41, 5.74) is 2.99. The van der Waals surface area contributed by atoms with E-state index in [0.717, 1.165) is 41.4 Å². The standard InChI is InChI=1S/C17H15FN2O2/c18-10-6-7-13-12(9-10)11-3-1-4-14(16(11)19-13)20-17(21)15-5-2-8-22-15/h2,5-9,14,19H,1,3-4H2,(H,20,21)/t14-/m1/s1. The van der Waals surface area contributed by atoms with Gasteiger partial charge in [-0.05, 0) is 55.2 Å². The molecular formula is C17H15FN2O2. The molecule has 4 rings (SSSR count). The zero-order valence-electron chi connectivity index (χ0n) is 11.9. The number of aryl methyl sites for hydroxylation is 1. The molecule has 0 saturated heterocycles. The number of carbonyl (C=O) groups excluding carboxylic acids is 1. The molecule has 5 heteroatoms. The number of halogens is 1. The molecule has 0 spiro atoms. The van der Waals surface area contributed by atoms with Crippen LogP contribution in [0.4, 0.5) is 4.39 Å². The molecule has 112 valence electrons. The van der Waals surface area contributed by atoms with Gasteiger partial charge in [0.15, 0.2) is 5.76 Å². The lowest BCUT2D eigenvalue weighted by Crippen LogP contribution is -2.30. The lowest BCUT2D eigenvalue weighted by Gasteiger charge is -2.23. The fraction of sp³-hybridized carbons (Fsp3) is 0.235. The summed E-state index contributed by atoms with van der Waals surface area (Å²) in [7, 11) is 0. The van der Waals surface area contributed by atoms with E-state index in [4.69, 9.17) is 4.42 Å². The van der Waals surface area contributed by atoms with E-state index in [0.29, 0.717) is 5.76 Å². The molecule has 0 saturated carbocycles. The fourth-order valence-electron chi connectivity index (χ4n) is 3.22. The molecule has 2 N–H and O–H groups in total. The number of hydrogen-bond donors (Lipinski definition) is 2. The number of H-pyrrole nitrogens is 1. The molecular weight excluding hydrogens is 283 g/mol. The molecule has 0 radical (unpaired) electrons. The van der Waals surface area contributed by atoms with Gasteiger partial charge in [0.1, 0.15) is 5.82 Å². The number of carbonyl (C=O) groups is 1. The highest BCUT2D eigenvalue weighted by Gasteiger charge is 2.26. The predicted octanol–water partition coefficient (Wildman–Crippen LogP) is 3.71. The van der Waals surface area contributed by atoms with Gasteiger partial charge in [0.25, 0.3) is 5.91 Å². The number of amides is 1. The molecule has 0 fully saturated rings. The molecule has 2 aromatic heterocycles. The molecule has 1 aromatic carbocycles. The molecule has 2 heterocycles. The average Bonchev–Trinajstić information content (AvgIpc) is 3.15. The normalized spacial score (nSPS) is 17.4. The average molecular weight is 298 g/mol. The van der Waals surface area contributed by atoms with Gasteiger partial charge in [-0.15, -0.1) is 0 Å². The number of hydrogen-bond acceptors (Lipinski definition) is 2. The number of fused-ring (bicyclic) bond motifs is 3. The third-order valence-corrected chi connectivity index (χ3v) is 4.22. The summed E-state index contributed by atoms with van der Waals surface area (Å²) in [6.45, 7) is 0. The lowest BCUT2D eigenvalue weighted by atomic mass is 9.91. The second kappa shape index (κ2) is 5.02. The highest BCUT2D eigenvalue weighted by molar-refractivity contribution is 5.92. The van der Waals surface area contributed by atoms with Crippen molar-refractivity contribution in [2.45, 2.75) is 25.3 Å². The van der Waals surface area contributed by atoms with Gasteiger partial charge in [-0.25, -0.2) is 4.39 Å². The Kier molecular flexibility index (Phi) is 2.99. The van der Waals surface area contributed by atoms with Crippen molar-refractivity contribution in [1.82, 2.24) is 10.3 Å². The monoisotopic (exact) mass is 298 g/mol. The Hall–Kier alpha value is -2.56. The largest absolute Gasteiger partial charge is 0.459 e. The Bertz CT molecular complexity index is 836. The van der Waals surface area contributed by atoms with Crippen LogP contribution in [-0.4, -0.2) is 10.9 Å². The summed E-state index contributed by atoms with van der Waals surface area (Å²) in [5.74, 6) is -0.169. The molecule has 0 bridgehead atoms. The smallest absolute Gasteiger partial charge is 0.287 e. The van der Waals surface area contributed by atoms with Crippen molar-refractivity contribution in [3.05, 3.63) is 59.4 Å². The van der Waals surface area contributed by atoms with Crippen LogP contribution < -0.4 is 5.32 Å². The van der Waals surface area contributed by atoms with Crippen LogP contribution in [0.15, 0.2) is 41.0 Å². The van der Waals surface area contributed by atoms with Gasteiger partial charge in [-0.3, -0.25) is 4.79 Å². The van der Waals surface area contributed by atoms with Gasteiger partial charge in [0, 0.05) is 16.6 Å². The van der Waals surface area contributed by atoms with Crippen LogP contribution in [0.2, 0.25) is 0 Å². The Balaban J connectivity index is 1.70. The molecule has 22 heavy (non-hydrogen) atoms. The minimum atomic E-state index is -0.240. The van der Waals surface area contributed by atoms with Crippen LogP contribution in [0.1, 0.15) is 40.7 Å². The highest BCUT2D eigenvalue weighted by atomic mass is 19.1. The summed E-state index contributed by atoms with van der Waals surface area (Å²) < 4.78 is 18.6. The van der Waals surface area contributed by atoms with Crippen molar-refractivity contribution in [2.75, 3.05) is 0 Å². The minimum absolute atomic E-state index is 0.100. The second-order valence-corrected chi connectivity index (χ2v) is 5.60. The summed E-state index contributed by atoms with van der Waals surface area (Å²) in [5, 5.41) is 3.90. The van der Waals surface area contributed by atoms with Crippen molar-refractivity contribution < 1.29 is 13.6 Å². The Labute approximate surface area is 126 Å². The maximum atomic E-state index is 13.5. The second-order valence-electron chi connectivity index (χ2n) is 5.60. The number of nitrogens with one attached hydrogen (secondary N) is 2. The molecule has 1 aliphatic rings. The van der Waals surface area contributed by atoms with Crippen LogP contribution in [0, 0.1) is 5.82 Å². The SMILES string of the molecule is O=C(N[C@@H]1CCCc2c1[nH]c1ccc(F)cc21)c1ccco1. The van der Waals surface area contributed by atoms with E-state index in [1.807, 2.05) is 0 Å². The Morgan fingerprint density at radius 3 is 3.09 bits per heavy atom. The zero-order valence-corrected chi connectivity index (χ0v) is 11.9. The number of aromatic nitrogens is 1. The molecule has 0 unspecified atom stereocenters. The van der Waals surface area contributed by atoms with Crippen molar-refractivity contribution in [3.8, 4) is 0 Å². The lowest BCUT2D eigenvalue weighted by molar-refractivity contribution is 0.0904. The van der Waals surface area contributed by atoms with Gasteiger partial charge in [0.05, 0.1) is 12.3 Å². The summed E-state index contributed by atoms with van der Waals surface area (Å²) in [4.78, 5) is 15.5. The maximum absolute atomic E-state index is 13.5. The molecule has 4 nitrogen and oxygen atoms in total. The van der Waals surface area contributed by atoms with Gasteiger partial charge < -0.3 is 14.7 Å². The van der Waals surface area contributed by atoms with Crippen molar-refractivity contribution in [3.63, 3.8) is 0 Å². The first-order valence-electron chi connectivity index (χ1n) is 7.37. The summed E-state index contributed by atoms with van der Waals surface area (Å²) >= 11 is 0. The first kappa shape index (κ1) is 13.1. The number of furan rings is 1. The molecule has 1 aliphatic carbocycles. The van der Waals surface area contributed by atoms with Crippen LogP contribution in [-0.2, 0) is 6.42 Å². The van der Waals surface area contributed by atoms with E-state index >= 15 is 0 Å². The van der Waals surface area contributed by atoms with Gasteiger partial charge in [-0.2, -0.15) is 0 Å². The van der Waals surface area contributed by atoms with Crippen molar-refractivity contribution in [2.24, 2.45) is 0 Å². The van der Waals surface area contributed by atoms with Crippen LogP contribution in [0.3, 0.4) is 0 Å². The molecule has 1 atom stereocenters. The molecule has 3 aromatic rings. The van der Waals surface area contributed by atoms with E-state index in [9.17, 15) is 9.18 Å². The fourth-order valence-corrected chi connectivity index (χ4v) is 3.22. The van der Waals surface area contributed by atoms with Crippen LogP contribution >= 0.6 is 0 Å². The first-order chi connectivity index (χ1) is 10.7. The van der Waals surface area contributed by atoms with E-state index < -0.39 is 0 Å². The summed E-state index contributed by atoms with van der Waals surface area (Å²) in [6, 6.07) is 7.97. The van der Waals surface area contributed by atoms with Crippen molar-refractivity contribution in [1.29, 1.82) is 0 Å². The van der Waals surface area contributed by atoms with Gasteiger partial charge in [0.2, 0.25) is 0 Å². The third-order valence-electron chi connectivity index (χ3n) is 4.22. The minimum Gasteiger partial charge on any atom is -0.459 e. The van der Waals surface area contributed by atoms with Crippen LogP contribution in [0.5, 0.6) is 0 Å². The summed E-state index contributed by atoms with van der Waals surface area (Å²) in [6.07, 6.45) is 4.19. The van der Waals surface area contributed by atoms with Gasteiger partial charge in [-0.1, -0.05) is 0 Å². The Morgan fingerprint density at radius 2 is 2.27 bits per heavy atom. The third kappa shape index (κ3) is 2.09. The molecule has 0 aliphatic heterocycles. The quantitative estimate of drug-likeness (QED) is 0.757. The number of aromatic amines is 1. The first-order valence-corrected chi connectivity index (χ1v) is 7.37. The topological polar surface area (TPSA) is 58.0 Å². The Morgan fingerprint density at radius 1 is 1.36 bits per heavy atom. The highest BCUT2D eigenvalue weighted by Crippen LogP contribution is 2.35. The van der Waals surface area contributed by atoms with E-state index in [1.165, 1.54) is 12.3 Å². The number of rotatable bonds is 2. The van der Waals surface area contributed by atoms with Crippen LogP contribution in [0.25, 0.3) is 10.9 Å². The predicted molar refractivity (Wildman–Crippen MR) is 80.1 cm³/mol. The van der Waals surface area contributed by atoms with E-state index in [1.54, 1.807) is 24.3 Å². The maximum Gasteiger partial charge on any atom is 0.287 e. The van der Waals surface area contributed by atoms with E-state index in [2.05, 4.69) is 10.3 Å². The van der Waals surface area contributed by atoms with Crippen molar-refractivity contribution >= 4 is 16.8 Å².